The van der Waals surface area contributed by atoms with E-state index in [0.717, 1.165) is 6.42 Å². The lowest BCUT2D eigenvalue weighted by Gasteiger charge is -2.20. The standard InChI is InChI=1S/C16H19N3O4S/c1-4-7(2)19-15(22)11(14(21)18-16(19)24)13-10-9(6-23-13)5-17-8(3)12(10)20/h5,7,13,20,22H,4,6H2,1-3H3,(H,18,21,24)/t7-,13-/m1/s1. The molecule has 128 valence electrons. The van der Waals surface area contributed by atoms with E-state index in [9.17, 15) is 15.0 Å². The predicted molar refractivity (Wildman–Crippen MR) is 89.8 cm³/mol. The van der Waals surface area contributed by atoms with E-state index in [1.54, 1.807) is 13.1 Å². The molecule has 8 heteroatoms. The van der Waals surface area contributed by atoms with Gasteiger partial charge in [0, 0.05) is 23.4 Å². The van der Waals surface area contributed by atoms with Gasteiger partial charge in [-0.3, -0.25) is 19.3 Å². The number of aromatic hydroxyl groups is 2. The summed E-state index contributed by atoms with van der Waals surface area (Å²) in [5.74, 6) is -0.254. The number of hydrogen-bond donors (Lipinski definition) is 3. The van der Waals surface area contributed by atoms with E-state index in [0.29, 0.717) is 16.8 Å². The van der Waals surface area contributed by atoms with E-state index >= 15 is 0 Å². The Morgan fingerprint density at radius 3 is 2.88 bits per heavy atom. The zero-order valence-electron chi connectivity index (χ0n) is 13.7. The maximum absolute atomic E-state index is 12.4. The smallest absolute Gasteiger partial charge is 0.261 e. The molecule has 2 aromatic heterocycles. The van der Waals surface area contributed by atoms with E-state index < -0.39 is 11.7 Å². The summed E-state index contributed by atoms with van der Waals surface area (Å²) in [5.41, 5.74) is 1.12. The average molecular weight is 349 g/mol. The number of hydrogen-bond acceptors (Lipinski definition) is 6. The minimum atomic E-state index is -0.864. The van der Waals surface area contributed by atoms with Gasteiger partial charge in [0.15, 0.2) is 4.77 Å². The number of ether oxygens (including phenoxy) is 1. The van der Waals surface area contributed by atoms with Crippen LogP contribution in [0.1, 0.15) is 54.8 Å². The Morgan fingerprint density at radius 2 is 2.21 bits per heavy atom. The van der Waals surface area contributed by atoms with Gasteiger partial charge < -0.3 is 14.9 Å². The van der Waals surface area contributed by atoms with Crippen LogP contribution < -0.4 is 5.56 Å². The molecule has 2 atom stereocenters. The molecule has 0 aliphatic carbocycles. The molecule has 3 N–H and O–H groups in total. The number of aromatic amines is 1. The maximum Gasteiger partial charge on any atom is 0.261 e. The van der Waals surface area contributed by atoms with Crippen LogP contribution in [0.5, 0.6) is 11.6 Å². The topological polar surface area (TPSA) is 100 Å². The van der Waals surface area contributed by atoms with Crippen molar-refractivity contribution in [1.29, 1.82) is 0 Å². The van der Waals surface area contributed by atoms with E-state index in [2.05, 4.69) is 9.97 Å². The van der Waals surface area contributed by atoms with Crippen LogP contribution in [0.3, 0.4) is 0 Å². The van der Waals surface area contributed by atoms with E-state index in [1.165, 1.54) is 4.57 Å². The molecule has 0 unspecified atom stereocenters. The van der Waals surface area contributed by atoms with Crippen LogP contribution in [0.2, 0.25) is 0 Å². The van der Waals surface area contributed by atoms with Crippen molar-refractivity contribution in [2.24, 2.45) is 0 Å². The Hall–Kier alpha value is -2.19. The quantitative estimate of drug-likeness (QED) is 0.737. The Kier molecular flexibility index (Phi) is 4.18. The lowest BCUT2D eigenvalue weighted by atomic mass is 10.00. The minimum Gasteiger partial charge on any atom is -0.506 e. The number of pyridine rings is 1. The summed E-state index contributed by atoms with van der Waals surface area (Å²) in [6.07, 6.45) is 1.47. The molecule has 1 aliphatic heterocycles. The Balaban J connectivity index is 2.26. The minimum absolute atomic E-state index is 0.0219. The van der Waals surface area contributed by atoms with Crippen molar-refractivity contribution in [3.05, 3.63) is 43.7 Å². The highest BCUT2D eigenvalue weighted by Crippen LogP contribution is 2.43. The first-order valence-corrected chi connectivity index (χ1v) is 8.14. The second-order valence-corrected chi connectivity index (χ2v) is 6.33. The van der Waals surface area contributed by atoms with Gasteiger partial charge in [0.1, 0.15) is 17.4 Å². The van der Waals surface area contributed by atoms with Crippen molar-refractivity contribution in [3.8, 4) is 11.6 Å². The third-order valence-corrected chi connectivity index (χ3v) is 4.77. The fraction of sp³-hybridized carbons (Fsp3) is 0.438. The molecule has 0 bridgehead atoms. The predicted octanol–water partition coefficient (Wildman–Crippen LogP) is 2.61. The molecule has 3 rings (SSSR count). The van der Waals surface area contributed by atoms with Crippen molar-refractivity contribution in [2.45, 2.75) is 45.9 Å². The van der Waals surface area contributed by atoms with Crippen LogP contribution in [0.25, 0.3) is 0 Å². The first-order valence-electron chi connectivity index (χ1n) is 7.73. The van der Waals surface area contributed by atoms with Gasteiger partial charge >= 0.3 is 0 Å². The molecule has 1 aliphatic rings. The van der Waals surface area contributed by atoms with Gasteiger partial charge in [-0.2, -0.15) is 0 Å². The van der Waals surface area contributed by atoms with Crippen LogP contribution in [0.15, 0.2) is 11.0 Å². The molecule has 0 amide bonds. The number of aryl methyl sites for hydroxylation is 1. The molecule has 24 heavy (non-hydrogen) atoms. The number of rotatable bonds is 3. The third kappa shape index (κ3) is 2.42. The molecule has 0 radical (unpaired) electrons. The molecular weight excluding hydrogens is 330 g/mol. The maximum atomic E-state index is 12.4. The summed E-state index contributed by atoms with van der Waals surface area (Å²) < 4.78 is 7.34. The first-order chi connectivity index (χ1) is 11.4. The SMILES string of the molecule is CC[C@@H](C)n1c(O)c([C@@H]2OCc3cnc(C)c(O)c32)c(=O)[nH]c1=S. The number of nitrogens with zero attached hydrogens (tertiary/aromatic N) is 2. The number of H-pyrrole nitrogens is 1. The summed E-state index contributed by atoms with van der Waals surface area (Å²) in [5, 5.41) is 21.0. The summed E-state index contributed by atoms with van der Waals surface area (Å²) in [7, 11) is 0. The lowest BCUT2D eigenvalue weighted by Crippen LogP contribution is -2.23. The number of aromatic nitrogens is 3. The first kappa shape index (κ1) is 16.7. The lowest BCUT2D eigenvalue weighted by molar-refractivity contribution is 0.0886. The highest BCUT2D eigenvalue weighted by Gasteiger charge is 2.34. The molecule has 3 heterocycles. The number of fused-ring (bicyclic) bond motifs is 1. The fourth-order valence-electron chi connectivity index (χ4n) is 2.92. The van der Waals surface area contributed by atoms with Gasteiger partial charge in [-0.15, -0.1) is 0 Å². The van der Waals surface area contributed by atoms with E-state index in [1.807, 2.05) is 13.8 Å². The fourth-order valence-corrected chi connectivity index (χ4v) is 3.28. The summed E-state index contributed by atoms with van der Waals surface area (Å²) in [4.78, 5) is 19.1. The van der Waals surface area contributed by atoms with Crippen molar-refractivity contribution < 1.29 is 14.9 Å². The normalized spacial score (nSPS) is 17.7. The van der Waals surface area contributed by atoms with Crippen molar-refractivity contribution in [2.75, 3.05) is 0 Å². The van der Waals surface area contributed by atoms with Gasteiger partial charge in [0.05, 0.1) is 12.3 Å². The van der Waals surface area contributed by atoms with E-state index in [4.69, 9.17) is 17.0 Å². The highest BCUT2D eigenvalue weighted by molar-refractivity contribution is 7.71. The van der Waals surface area contributed by atoms with Crippen molar-refractivity contribution in [3.63, 3.8) is 0 Å². The highest BCUT2D eigenvalue weighted by atomic mass is 32.1. The van der Waals surface area contributed by atoms with Gasteiger partial charge in [-0.05, 0) is 32.5 Å². The molecule has 2 aromatic rings. The zero-order valence-corrected chi connectivity index (χ0v) is 14.5. The molecular formula is C16H19N3O4S. The summed E-state index contributed by atoms with van der Waals surface area (Å²) >= 11 is 5.18. The van der Waals surface area contributed by atoms with Crippen molar-refractivity contribution >= 4 is 12.2 Å². The van der Waals surface area contributed by atoms with Crippen LogP contribution in [0.4, 0.5) is 0 Å². The monoisotopic (exact) mass is 349 g/mol. The third-order valence-electron chi connectivity index (χ3n) is 4.47. The largest absolute Gasteiger partial charge is 0.506 e. The zero-order chi connectivity index (χ0) is 17.6. The average Bonchev–Trinajstić information content (AvgIpc) is 2.94. The van der Waals surface area contributed by atoms with Gasteiger partial charge in [-0.1, -0.05) is 6.92 Å². The Morgan fingerprint density at radius 1 is 1.50 bits per heavy atom. The van der Waals surface area contributed by atoms with Crippen LogP contribution in [0, 0.1) is 11.7 Å². The molecule has 0 fully saturated rings. The van der Waals surface area contributed by atoms with Gasteiger partial charge in [-0.25, -0.2) is 0 Å². The van der Waals surface area contributed by atoms with Crippen LogP contribution in [-0.2, 0) is 11.3 Å². The molecule has 0 saturated carbocycles. The van der Waals surface area contributed by atoms with Gasteiger partial charge in [0.2, 0.25) is 5.88 Å². The van der Waals surface area contributed by atoms with E-state index in [-0.39, 0.29) is 34.6 Å². The number of nitrogens with one attached hydrogen (secondary N) is 1. The molecule has 0 spiro atoms. The van der Waals surface area contributed by atoms with Gasteiger partial charge in [0.25, 0.3) is 5.56 Å². The van der Waals surface area contributed by atoms with Crippen molar-refractivity contribution in [1.82, 2.24) is 14.5 Å². The Labute approximate surface area is 143 Å². The second-order valence-electron chi connectivity index (χ2n) is 5.95. The van der Waals surface area contributed by atoms with Crippen LogP contribution >= 0.6 is 12.2 Å². The molecule has 0 aromatic carbocycles. The molecule has 7 nitrogen and oxygen atoms in total. The molecule has 0 saturated heterocycles. The van der Waals surface area contributed by atoms with Crippen LogP contribution in [-0.4, -0.2) is 24.7 Å². The summed E-state index contributed by atoms with van der Waals surface area (Å²) in [6, 6.07) is -0.0956. The Bertz CT molecular complexity index is 919. The second kappa shape index (κ2) is 6.03. The summed E-state index contributed by atoms with van der Waals surface area (Å²) in [6.45, 7) is 5.73.